The summed E-state index contributed by atoms with van der Waals surface area (Å²) in [6, 6.07) is 5.50. The van der Waals surface area contributed by atoms with Crippen LogP contribution in [-0.4, -0.2) is 18.6 Å². The van der Waals surface area contributed by atoms with E-state index in [0.717, 1.165) is 36.6 Å². The Balaban J connectivity index is 2.16. The van der Waals surface area contributed by atoms with Gasteiger partial charge in [0.1, 0.15) is 5.75 Å². The molecule has 5 heteroatoms. The van der Waals surface area contributed by atoms with Crippen LogP contribution in [-0.2, 0) is 4.79 Å². The van der Waals surface area contributed by atoms with Gasteiger partial charge in [0.2, 0.25) is 5.91 Å². The number of hydrogen-bond acceptors (Lipinski definition) is 3. The summed E-state index contributed by atoms with van der Waals surface area (Å²) in [5.41, 5.74) is 6.12. The molecule has 1 aliphatic carbocycles. The van der Waals surface area contributed by atoms with E-state index in [0.29, 0.717) is 11.4 Å². The van der Waals surface area contributed by atoms with Crippen molar-refractivity contribution < 1.29 is 9.53 Å². The molecule has 1 aromatic carbocycles. The fourth-order valence-electron chi connectivity index (χ4n) is 2.43. The molecule has 0 heterocycles. The molecular formula is C14H19BrN2O2. The topological polar surface area (TPSA) is 64.3 Å². The van der Waals surface area contributed by atoms with Gasteiger partial charge in [-0.25, -0.2) is 0 Å². The van der Waals surface area contributed by atoms with Gasteiger partial charge < -0.3 is 15.8 Å². The zero-order chi connectivity index (χ0) is 13.9. The average molecular weight is 327 g/mol. The molecule has 4 nitrogen and oxygen atoms in total. The standard InChI is InChI=1S/C14H19BrN2O2/c1-19-12-6-5-10(15)9-11(12)17-13(18)14(16)7-3-2-4-8-14/h5-6,9H,2-4,7-8,16H2,1H3,(H,17,18). The maximum atomic E-state index is 12.4. The third-order valence-corrected chi connectivity index (χ3v) is 4.10. The van der Waals surface area contributed by atoms with Crippen molar-refractivity contribution >= 4 is 27.5 Å². The highest BCUT2D eigenvalue weighted by atomic mass is 79.9. The normalized spacial score (nSPS) is 17.8. The fourth-order valence-corrected chi connectivity index (χ4v) is 2.80. The molecule has 1 amide bonds. The second-order valence-corrected chi connectivity index (χ2v) is 5.93. The largest absolute Gasteiger partial charge is 0.495 e. The van der Waals surface area contributed by atoms with Crippen LogP contribution < -0.4 is 15.8 Å². The lowest BCUT2D eigenvalue weighted by Gasteiger charge is -2.32. The quantitative estimate of drug-likeness (QED) is 0.897. The van der Waals surface area contributed by atoms with Crippen LogP contribution in [0.15, 0.2) is 22.7 Å². The van der Waals surface area contributed by atoms with Gasteiger partial charge in [0.05, 0.1) is 18.3 Å². The lowest BCUT2D eigenvalue weighted by atomic mass is 9.82. The van der Waals surface area contributed by atoms with E-state index in [9.17, 15) is 4.79 Å². The second kappa shape index (κ2) is 5.92. The molecule has 0 spiro atoms. The monoisotopic (exact) mass is 326 g/mol. The number of hydrogen-bond donors (Lipinski definition) is 2. The van der Waals surface area contributed by atoms with E-state index in [1.807, 2.05) is 18.2 Å². The van der Waals surface area contributed by atoms with Crippen molar-refractivity contribution in [3.63, 3.8) is 0 Å². The lowest BCUT2D eigenvalue weighted by molar-refractivity contribution is -0.122. The zero-order valence-electron chi connectivity index (χ0n) is 11.0. The van der Waals surface area contributed by atoms with Crippen molar-refractivity contribution in [1.29, 1.82) is 0 Å². The van der Waals surface area contributed by atoms with E-state index < -0.39 is 5.54 Å². The van der Waals surface area contributed by atoms with Gasteiger partial charge in [-0.15, -0.1) is 0 Å². The average Bonchev–Trinajstić information content (AvgIpc) is 2.40. The Kier molecular flexibility index (Phi) is 4.47. The Hall–Kier alpha value is -1.07. The van der Waals surface area contributed by atoms with Crippen LogP contribution in [0, 0.1) is 0 Å². The molecule has 0 saturated heterocycles. The van der Waals surface area contributed by atoms with E-state index in [1.54, 1.807) is 7.11 Å². The predicted octanol–water partition coefficient (Wildman–Crippen LogP) is 3.06. The molecule has 19 heavy (non-hydrogen) atoms. The molecule has 2 rings (SSSR count). The molecule has 0 atom stereocenters. The predicted molar refractivity (Wildman–Crippen MR) is 79.3 cm³/mol. The van der Waals surface area contributed by atoms with E-state index >= 15 is 0 Å². The molecule has 1 aromatic rings. The van der Waals surface area contributed by atoms with Gasteiger partial charge in [-0.2, -0.15) is 0 Å². The third kappa shape index (κ3) is 3.28. The number of benzene rings is 1. The molecule has 1 aliphatic rings. The van der Waals surface area contributed by atoms with Crippen molar-refractivity contribution in [3.05, 3.63) is 22.7 Å². The van der Waals surface area contributed by atoms with E-state index in [-0.39, 0.29) is 5.91 Å². The number of anilines is 1. The molecule has 1 fully saturated rings. The smallest absolute Gasteiger partial charge is 0.244 e. The lowest BCUT2D eigenvalue weighted by Crippen LogP contribution is -2.52. The molecule has 0 unspecified atom stereocenters. The van der Waals surface area contributed by atoms with Crippen LogP contribution in [0.3, 0.4) is 0 Å². The summed E-state index contributed by atoms with van der Waals surface area (Å²) in [4.78, 5) is 12.4. The summed E-state index contributed by atoms with van der Waals surface area (Å²) in [7, 11) is 1.58. The van der Waals surface area contributed by atoms with E-state index in [1.165, 1.54) is 0 Å². The summed E-state index contributed by atoms with van der Waals surface area (Å²) < 4.78 is 6.13. The number of ether oxygens (including phenoxy) is 1. The van der Waals surface area contributed by atoms with Gasteiger partial charge in [0, 0.05) is 4.47 Å². The van der Waals surface area contributed by atoms with Crippen molar-refractivity contribution in [2.75, 3.05) is 12.4 Å². The maximum absolute atomic E-state index is 12.4. The number of methoxy groups -OCH3 is 1. The summed E-state index contributed by atoms with van der Waals surface area (Å²) in [6.07, 6.45) is 4.68. The molecule has 104 valence electrons. The Morgan fingerprint density at radius 3 is 2.68 bits per heavy atom. The minimum atomic E-state index is -0.744. The number of nitrogens with two attached hydrogens (primary N) is 1. The van der Waals surface area contributed by atoms with E-state index in [4.69, 9.17) is 10.5 Å². The number of halogens is 1. The number of nitrogens with one attached hydrogen (secondary N) is 1. The molecular weight excluding hydrogens is 308 g/mol. The molecule has 0 aromatic heterocycles. The minimum Gasteiger partial charge on any atom is -0.495 e. The number of amides is 1. The molecule has 0 bridgehead atoms. The van der Waals surface area contributed by atoms with Crippen molar-refractivity contribution in [3.8, 4) is 5.75 Å². The van der Waals surface area contributed by atoms with Gasteiger partial charge in [0.25, 0.3) is 0 Å². The van der Waals surface area contributed by atoms with Gasteiger partial charge in [0.15, 0.2) is 0 Å². The summed E-state index contributed by atoms with van der Waals surface area (Å²) in [5, 5.41) is 2.89. The first-order valence-electron chi connectivity index (χ1n) is 6.49. The fraction of sp³-hybridized carbons (Fsp3) is 0.500. The van der Waals surface area contributed by atoms with Crippen molar-refractivity contribution in [2.45, 2.75) is 37.6 Å². The minimum absolute atomic E-state index is 0.122. The highest BCUT2D eigenvalue weighted by Gasteiger charge is 2.35. The second-order valence-electron chi connectivity index (χ2n) is 5.02. The first-order valence-corrected chi connectivity index (χ1v) is 7.28. The Labute approximate surface area is 121 Å². The Morgan fingerprint density at radius 1 is 1.37 bits per heavy atom. The summed E-state index contributed by atoms with van der Waals surface area (Å²) in [5.74, 6) is 0.513. The van der Waals surface area contributed by atoms with Crippen LogP contribution in [0.25, 0.3) is 0 Å². The number of rotatable bonds is 3. The Morgan fingerprint density at radius 2 is 2.05 bits per heavy atom. The summed E-state index contributed by atoms with van der Waals surface area (Å²) in [6.45, 7) is 0. The molecule has 1 saturated carbocycles. The van der Waals surface area contributed by atoms with Crippen molar-refractivity contribution in [1.82, 2.24) is 0 Å². The number of carbonyl (C=O) groups is 1. The van der Waals surface area contributed by atoms with Gasteiger partial charge in [-0.1, -0.05) is 35.2 Å². The van der Waals surface area contributed by atoms with Crippen LogP contribution in [0.5, 0.6) is 5.75 Å². The zero-order valence-corrected chi connectivity index (χ0v) is 12.6. The SMILES string of the molecule is COc1ccc(Br)cc1NC(=O)C1(N)CCCCC1. The first kappa shape index (κ1) is 14.3. The highest BCUT2D eigenvalue weighted by Crippen LogP contribution is 2.31. The Bertz CT molecular complexity index is 471. The first-order chi connectivity index (χ1) is 9.05. The van der Waals surface area contributed by atoms with E-state index in [2.05, 4.69) is 21.2 Å². The van der Waals surface area contributed by atoms with Gasteiger partial charge in [-0.05, 0) is 31.0 Å². The van der Waals surface area contributed by atoms with Gasteiger partial charge >= 0.3 is 0 Å². The highest BCUT2D eigenvalue weighted by molar-refractivity contribution is 9.10. The van der Waals surface area contributed by atoms with Crippen LogP contribution in [0.4, 0.5) is 5.69 Å². The summed E-state index contributed by atoms with van der Waals surface area (Å²) >= 11 is 3.39. The molecule has 0 aliphatic heterocycles. The van der Waals surface area contributed by atoms with Crippen LogP contribution in [0.1, 0.15) is 32.1 Å². The third-order valence-electron chi connectivity index (χ3n) is 3.61. The molecule has 3 N–H and O–H groups in total. The van der Waals surface area contributed by atoms with Crippen molar-refractivity contribution in [2.24, 2.45) is 5.73 Å². The number of carbonyl (C=O) groups excluding carboxylic acids is 1. The maximum Gasteiger partial charge on any atom is 0.244 e. The van der Waals surface area contributed by atoms with Crippen LogP contribution in [0.2, 0.25) is 0 Å². The van der Waals surface area contributed by atoms with Gasteiger partial charge in [-0.3, -0.25) is 4.79 Å². The molecule has 0 radical (unpaired) electrons. The van der Waals surface area contributed by atoms with Crippen LogP contribution >= 0.6 is 15.9 Å².